The summed E-state index contributed by atoms with van der Waals surface area (Å²) >= 11 is 0. The fraction of sp³-hybridized carbons (Fsp3) is 0.0256. The second kappa shape index (κ2) is 7.80. The van der Waals surface area contributed by atoms with Gasteiger partial charge in [0.15, 0.2) is 0 Å². The maximum atomic E-state index is 7.34. The number of para-hydroxylation sites is 3. The lowest BCUT2D eigenvalue weighted by Gasteiger charge is -2.39. The number of aromatic nitrogens is 1. The number of rotatable bonds is 1. The van der Waals surface area contributed by atoms with Crippen LogP contribution in [0.1, 0.15) is 16.8 Å². The zero-order chi connectivity index (χ0) is 27.4. The molecule has 1 aliphatic heterocycles. The molecule has 8 aromatic rings. The molecule has 0 saturated carbocycles. The number of fused-ring (bicyclic) bond motifs is 14. The van der Waals surface area contributed by atoms with Gasteiger partial charge in [0.05, 0.1) is 11.2 Å². The summed E-state index contributed by atoms with van der Waals surface area (Å²) in [6.45, 7) is 0. The summed E-state index contributed by atoms with van der Waals surface area (Å²) in [6.07, 6.45) is 0. The first-order valence-corrected chi connectivity index (χ1v) is 14.4. The SMILES string of the molecule is c1ccc2c(c1)OC1(c3ccccc3-c3ccccc31)c1c-2c2ccccc2n1-c1ccc2c(c1)oc1ccccc12. The van der Waals surface area contributed by atoms with Crippen molar-refractivity contribution in [2.24, 2.45) is 0 Å². The Bertz CT molecular complexity index is 2360. The van der Waals surface area contributed by atoms with E-state index in [9.17, 15) is 0 Å². The highest BCUT2D eigenvalue weighted by atomic mass is 16.5. The Hall–Kier alpha value is -5.54. The number of furan rings is 1. The third kappa shape index (κ3) is 2.62. The van der Waals surface area contributed by atoms with Crippen LogP contribution in [0.4, 0.5) is 0 Å². The predicted octanol–water partition coefficient (Wildman–Crippen LogP) is 9.86. The number of hydrogen-bond acceptors (Lipinski definition) is 2. The van der Waals surface area contributed by atoms with Gasteiger partial charge in [-0.25, -0.2) is 0 Å². The molecule has 2 aromatic heterocycles. The molecular formula is C39H23NO2. The van der Waals surface area contributed by atoms with Gasteiger partial charge in [0.25, 0.3) is 0 Å². The highest BCUT2D eigenvalue weighted by Gasteiger charge is 2.53. The van der Waals surface area contributed by atoms with E-state index in [1.165, 1.54) is 22.1 Å². The van der Waals surface area contributed by atoms with Crippen molar-refractivity contribution >= 4 is 32.8 Å². The second-order valence-corrected chi connectivity index (χ2v) is 11.2. The van der Waals surface area contributed by atoms with Gasteiger partial charge >= 0.3 is 0 Å². The van der Waals surface area contributed by atoms with Crippen LogP contribution in [-0.2, 0) is 5.60 Å². The van der Waals surface area contributed by atoms with E-state index in [4.69, 9.17) is 9.15 Å². The molecule has 10 rings (SSSR count). The topological polar surface area (TPSA) is 27.3 Å². The first-order valence-electron chi connectivity index (χ1n) is 14.4. The van der Waals surface area contributed by atoms with Gasteiger partial charge in [0, 0.05) is 50.2 Å². The molecule has 0 saturated heterocycles. The van der Waals surface area contributed by atoms with E-state index in [0.717, 1.165) is 61.3 Å². The smallest absolute Gasteiger partial charge is 0.201 e. The second-order valence-electron chi connectivity index (χ2n) is 11.2. The Morgan fingerprint density at radius 2 is 1.12 bits per heavy atom. The highest BCUT2D eigenvalue weighted by molar-refractivity contribution is 6.07. The normalized spacial score (nSPS) is 14.1. The van der Waals surface area contributed by atoms with Crippen molar-refractivity contribution in [2.45, 2.75) is 5.60 Å². The van der Waals surface area contributed by atoms with Crippen LogP contribution in [-0.4, -0.2) is 4.57 Å². The highest BCUT2D eigenvalue weighted by Crippen LogP contribution is 2.60. The van der Waals surface area contributed by atoms with Crippen LogP contribution in [0, 0.1) is 0 Å². The Kier molecular flexibility index (Phi) is 4.12. The average molecular weight is 538 g/mol. The standard InChI is InChI=1S/C39H23NO2/c1-6-16-31-25(11-1)26-12-2-7-17-32(26)39(31)38-37(30-15-5-10-20-35(30)42-39)29-14-3-8-18-33(29)40(38)24-21-22-28-27-13-4-9-19-34(27)41-36(28)23-24/h1-23H. The van der Waals surface area contributed by atoms with E-state index in [1.54, 1.807) is 0 Å². The molecule has 0 amide bonds. The van der Waals surface area contributed by atoms with Crippen molar-refractivity contribution in [3.63, 3.8) is 0 Å². The molecule has 3 heterocycles. The lowest BCUT2D eigenvalue weighted by atomic mass is 9.81. The molecule has 0 bridgehead atoms. The van der Waals surface area contributed by atoms with Gasteiger partial charge in [-0.3, -0.25) is 0 Å². The first-order chi connectivity index (χ1) is 20.8. The molecule has 3 nitrogen and oxygen atoms in total. The summed E-state index contributed by atoms with van der Waals surface area (Å²) in [5.74, 6) is 0.896. The number of benzene rings is 6. The minimum atomic E-state index is -0.835. The molecule has 1 spiro atoms. The van der Waals surface area contributed by atoms with E-state index in [1.807, 2.05) is 12.1 Å². The van der Waals surface area contributed by atoms with Crippen molar-refractivity contribution in [1.29, 1.82) is 0 Å². The molecule has 6 aromatic carbocycles. The number of hydrogen-bond donors (Lipinski definition) is 0. The van der Waals surface area contributed by atoms with Gasteiger partial charge in [-0.1, -0.05) is 103 Å². The van der Waals surface area contributed by atoms with Gasteiger partial charge in [-0.2, -0.15) is 0 Å². The molecule has 0 atom stereocenters. The van der Waals surface area contributed by atoms with E-state index >= 15 is 0 Å². The van der Waals surface area contributed by atoms with Crippen LogP contribution in [0.15, 0.2) is 144 Å². The Balaban J connectivity index is 1.40. The predicted molar refractivity (Wildman–Crippen MR) is 168 cm³/mol. The van der Waals surface area contributed by atoms with E-state index in [2.05, 4.69) is 132 Å². The Morgan fingerprint density at radius 3 is 1.93 bits per heavy atom. The van der Waals surface area contributed by atoms with E-state index in [0.29, 0.717) is 0 Å². The lowest BCUT2D eigenvalue weighted by Crippen LogP contribution is -2.38. The summed E-state index contributed by atoms with van der Waals surface area (Å²) in [4.78, 5) is 0. The average Bonchev–Trinajstić information content (AvgIpc) is 3.69. The van der Waals surface area contributed by atoms with Gasteiger partial charge in [0.1, 0.15) is 16.9 Å². The number of nitrogens with zero attached hydrogens (tertiary/aromatic N) is 1. The lowest BCUT2D eigenvalue weighted by molar-refractivity contribution is 0.150. The fourth-order valence-electron chi connectivity index (χ4n) is 7.50. The third-order valence-corrected chi connectivity index (χ3v) is 9.15. The summed E-state index contributed by atoms with van der Waals surface area (Å²) < 4.78 is 16.1. The minimum absolute atomic E-state index is 0.835. The van der Waals surface area contributed by atoms with Gasteiger partial charge in [-0.05, 0) is 41.5 Å². The van der Waals surface area contributed by atoms with Gasteiger partial charge < -0.3 is 13.7 Å². The number of ether oxygens (including phenoxy) is 1. The molecule has 1 aliphatic carbocycles. The molecule has 196 valence electrons. The summed E-state index contributed by atoms with van der Waals surface area (Å²) in [6, 6.07) is 49.5. The minimum Gasteiger partial charge on any atom is -0.471 e. The maximum Gasteiger partial charge on any atom is 0.201 e. The largest absolute Gasteiger partial charge is 0.471 e. The van der Waals surface area contributed by atoms with Crippen LogP contribution in [0.2, 0.25) is 0 Å². The first kappa shape index (κ1) is 22.2. The van der Waals surface area contributed by atoms with Crippen molar-refractivity contribution in [3.05, 3.63) is 156 Å². The van der Waals surface area contributed by atoms with Crippen LogP contribution in [0.25, 0.3) is 60.8 Å². The molecule has 0 unspecified atom stereocenters. The Morgan fingerprint density at radius 1 is 0.500 bits per heavy atom. The van der Waals surface area contributed by atoms with Crippen molar-refractivity contribution in [3.8, 4) is 33.7 Å². The molecule has 0 fully saturated rings. The summed E-state index contributed by atoms with van der Waals surface area (Å²) in [5.41, 5.74) is 11.3. The maximum absolute atomic E-state index is 7.34. The molecule has 42 heavy (non-hydrogen) atoms. The van der Waals surface area contributed by atoms with Crippen LogP contribution in [0.5, 0.6) is 5.75 Å². The monoisotopic (exact) mass is 537 g/mol. The zero-order valence-corrected chi connectivity index (χ0v) is 22.5. The zero-order valence-electron chi connectivity index (χ0n) is 22.5. The van der Waals surface area contributed by atoms with Crippen molar-refractivity contribution in [1.82, 2.24) is 4.57 Å². The third-order valence-electron chi connectivity index (χ3n) is 9.15. The fourth-order valence-corrected chi connectivity index (χ4v) is 7.50. The summed E-state index contributed by atoms with van der Waals surface area (Å²) in [7, 11) is 0. The quantitative estimate of drug-likeness (QED) is 0.208. The van der Waals surface area contributed by atoms with Crippen LogP contribution >= 0.6 is 0 Å². The Labute approximate surface area is 241 Å². The molecule has 2 aliphatic rings. The van der Waals surface area contributed by atoms with Crippen LogP contribution < -0.4 is 4.74 Å². The van der Waals surface area contributed by atoms with Crippen molar-refractivity contribution in [2.75, 3.05) is 0 Å². The summed E-state index contributed by atoms with van der Waals surface area (Å²) in [5, 5.41) is 3.45. The van der Waals surface area contributed by atoms with Crippen LogP contribution in [0.3, 0.4) is 0 Å². The van der Waals surface area contributed by atoms with Crippen molar-refractivity contribution < 1.29 is 9.15 Å². The molecular weight excluding hydrogens is 514 g/mol. The molecule has 0 radical (unpaired) electrons. The van der Waals surface area contributed by atoms with E-state index in [-0.39, 0.29) is 0 Å². The van der Waals surface area contributed by atoms with E-state index < -0.39 is 5.60 Å². The van der Waals surface area contributed by atoms with Gasteiger partial charge in [-0.15, -0.1) is 0 Å². The van der Waals surface area contributed by atoms with Gasteiger partial charge in [0.2, 0.25) is 5.60 Å². The molecule has 3 heteroatoms. The molecule has 0 N–H and O–H groups in total.